The van der Waals surface area contributed by atoms with Crippen molar-refractivity contribution in [1.29, 1.82) is 0 Å². The first-order valence-corrected chi connectivity index (χ1v) is 8.76. The number of halogens is 1. The molecule has 8 heteroatoms. The predicted octanol–water partition coefficient (Wildman–Crippen LogP) is 2.76. The number of primary amides is 1. The molecule has 0 aliphatic rings. The van der Waals surface area contributed by atoms with E-state index in [1.165, 1.54) is 12.1 Å². The van der Waals surface area contributed by atoms with Gasteiger partial charge in [0.1, 0.15) is 11.5 Å². The summed E-state index contributed by atoms with van der Waals surface area (Å²) in [5.41, 5.74) is 9.20. The molecule has 0 fully saturated rings. The molecule has 144 valence electrons. The number of hydrogen-bond donors (Lipinski definition) is 2. The summed E-state index contributed by atoms with van der Waals surface area (Å²) < 4.78 is 17.4. The lowest BCUT2D eigenvalue weighted by Gasteiger charge is -2.05. The molecule has 0 saturated carbocycles. The van der Waals surface area contributed by atoms with Crippen LogP contribution in [0.3, 0.4) is 0 Å². The molecule has 4 rings (SSSR count). The number of fused-ring (bicyclic) bond motifs is 1. The highest BCUT2D eigenvalue weighted by molar-refractivity contribution is 5.93. The number of nitrogens with two attached hydrogens (primary N) is 1. The van der Waals surface area contributed by atoms with Gasteiger partial charge in [-0.15, -0.1) is 0 Å². The van der Waals surface area contributed by atoms with E-state index in [0.717, 1.165) is 11.4 Å². The van der Waals surface area contributed by atoms with E-state index < -0.39 is 11.7 Å². The van der Waals surface area contributed by atoms with Crippen LogP contribution in [0.2, 0.25) is 0 Å². The van der Waals surface area contributed by atoms with Crippen LogP contribution in [0.15, 0.2) is 49.1 Å². The second-order valence-corrected chi connectivity index (χ2v) is 6.55. The predicted molar refractivity (Wildman–Crippen MR) is 107 cm³/mol. The van der Waals surface area contributed by atoms with Gasteiger partial charge in [0.15, 0.2) is 5.65 Å². The molecule has 1 amide bonds. The molecule has 0 unspecified atom stereocenters. The third-order valence-corrected chi connectivity index (χ3v) is 4.42. The highest BCUT2D eigenvalue weighted by Crippen LogP contribution is 2.21. The third-order valence-electron chi connectivity index (χ3n) is 4.42. The maximum absolute atomic E-state index is 13.9. The van der Waals surface area contributed by atoms with Crippen LogP contribution < -0.4 is 11.1 Å². The first-order valence-electron chi connectivity index (χ1n) is 8.76. The monoisotopic (exact) mass is 388 g/mol. The molecule has 0 radical (unpaired) electrons. The second kappa shape index (κ2) is 7.13. The van der Waals surface area contributed by atoms with Crippen LogP contribution in [0.5, 0.6) is 0 Å². The maximum atomic E-state index is 13.9. The highest BCUT2D eigenvalue weighted by Gasteiger charge is 2.11. The van der Waals surface area contributed by atoms with Gasteiger partial charge in [-0.25, -0.2) is 9.37 Å². The molecule has 1 aromatic carbocycles. The minimum atomic E-state index is -0.827. The van der Waals surface area contributed by atoms with E-state index in [4.69, 9.17) is 5.73 Å². The summed E-state index contributed by atoms with van der Waals surface area (Å²) in [5.74, 6) is 4.54. The Morgan fingerprint density at radius 3 is 2.83 bits per heavy atom. The van der Waals surface area contributed by atoms with Gasteiger partial charge in [0, 0.05) is 25.0 Å². The molecule has 7 nitrogen and oxygen atoms in total. The third kappa shape index (κ3) is 3.53. The Morgan fingerprint density at radius 2 is 2.10 bits per heavy atom. The van der Waals surface area contributed by atoms with Gasteiger partial charge in [-0.1, -0.05) is 5.92 Å². The molecule has 0 saturated heterocycles. The van der Waals surface area contributed by atoms with Crippen molar-refractivity contribution in [2.45, 2.75) is 6.92 Å². The van der Waals surface area contributed by atoms with Crippen molar-refractivity contribution in [1.82, 2.24) is 19.2 Å². The Balaban J connectivity index is 1.71. The normalized spacial score (nSPS) is 10.6. The lowest BCUT2D eigenvalue weighted by molar-refractivity contribution is 0.0996. The molecule has 29 heavy (non-hydrogen) atoms. The molecule has 3 N–H and O–H groups in total. The smallest absolute Gasteiger partial charge is 0.251 e. The van der Waals surface area contributed by atoms with Gasteiger partial charge in [0.05, 0.1) is 29.3 Å². The molecule has 0 spiro atoms. The van der Waals surface area contributed by atoms with Gasteiger partial charge in [0.25, 0.3) is 5.91 Å². The minimum Gasteiger partial charge on any atom is -0.366 e. The van der Waals surface area contributed by atoms with Crippen molar-refractivity contribution < 1.29 is 9.18 Å². The summed E-state index contributed by atoms with van der Waals surface area (Å²) in [7, 11) is 1.84. The van der Waals surface area contributed by atoms with Gasteiger partial charge in [0.2, 0.25) is 0 Å². The maximum Gasteiger partial charge on any atom is 0.251 e. The number of aryl methyl sites for hydroxylation is 2. The number of hydrogen-bond acceptors (Lipinski definition) is 4. The number of amides is 1. The van der Waals surface area contributed by atoms with E-state index in [0.29, 0.717) is 22.5 Å². The molecule has 3 aromatic heterocycles. The molecule has 0 bridgehead atoms. The number of nitrogens with zero attached hydrogens (tertiary/aromatic N) is 4. The van der Waals surface area contributed by atoms with Crippen LogP contribution in [0, 0.1) is 24.6 Å². The second-order valence-electron chi connectivity index (χ2n) is 6.55. The molecular weight excluding hydrogens is 371 g/mol. The lowest BCUT2D eigenvalue weighted by atomic mass is 10.0. The van der Waals surface area contributed by atoms with Crippen molar-refractivity contribution in [3.8, 4) is 11.8 Å². The van der Waals surface area contributed by atoms with Gasteiger partial charge >= 0.3 is 0 Å². The fourth-order valence-corrected chi connectivity index (χ4v) is 2.97. The zero-order valence-electron chi connectivity index (χ0n) is 15.8. The van der Waals surface area contributed by atoms with Crippen molar-refractivity contribution in [3.05, 3.63) is 77.3 Å². The topological polar surface area (TPSA) is 90.2 Å². The Hall–Kier alpha value is -4.12. The van der Waals surface area contributed by atoms with E-state index in [-0.39, 0.29) is 5.56 Å². The number of rotatable bonds is 3. The number of carbonyl (C=O) groups excluding carboxylic acids is 1. The van der Waals surface area contributed by atoms with E-state index in [9.17, 15) is 9.18 Å². The summed E-state index contributed by atoms with van der Waals surface area (Å²) in [4.78, 5) is 15.8. The summed E-state index contributed by atoms with van der Waals surface area (Å²) in [6.45, 7) is 1.72. The van der Waals surface area contributed by atoms with Crippen LogP contribution in [0.25, 0.3) is 5.65 Å². The zero-order chi connectivity index (χ0) is 20.5. The summed E-state index contributed by atoms with van der Waals surface area (Å²) in [6, 6.07) is 6.43. The summed E-state index contributed by atoms with van der Waals surface area (Å²) in [6.07, 6.45) is 7.10. The fourth-order valence-electron chi connectivity index (χ4n) is 2.97. The van der Waals surface area contributed by atoms with Crippen molar-refractivity contribution in [2.75, 3.05) is 5.32 Å². The zero-order valence-corrected chi connectivity index (χ0v) is 15.8. The van der Waals surface area contributed by atoms with Crippen LogP contribution in [-0.2, 0) is 7.05 Å². The van der Waals surface area contributed by atoms with Gasteiger partial charge in [-0.3, -0.25) is 13.9 Å². The lowest BCUT2D eigenvalue weighted by Crippen LogP contribution is -2.13. The highest BCUT2D eigenvalue weighted by atomic mass is 19.1. The van der Waals surface area contributed by atoms with Crippen LogP contribution in [0.4, 0.5) is 15.8 Å². The average molecular weight is 388 g/mol. The molecular formula is C21H17FN6O. The van der Waals surface area contributed by atoms with E-state index in [1.807, 2.05) is 36.0 Å². The average Bonchev–Trinajstić information content (AvgIpc) is 3.27. The van der Waals surface area contributed by atoms with Gasteiger partial charge in [-0.2, -0.15) is 5.10 Å². The molecule has 0 aliphatic heterocycles. The SMILES string of the molecule is Cc1cc(F)c(C(N)=O)cc1C#Cc1cnc2c(Nc3cnn(C)c3)cccn12. The van der Waals surface area contributed by atoms with Crippen molar-refractivity contribution in [2.24, 2.45) is 12.8 Å². The molecule has 3 heterocycles. The van der Waals surface area contributed by atoms with Crippen molar-refractivity contribution in [3.63, 3.8) is 0 Å². The van der Waals surface area contributed by atoms with Crippen molar-refractivity contribution >= 4 is 22.9 Å². The quantitative estimate of drug-likeness (QED) is 0.528. The van der Waals surface area contributed by atoms with E-state index in [2.05, 4.69) is 27.2 Å². The minimum absolute atomic E-state index is 0.180. The summed E-state index contributed by atoms with van der Waals surface area (Å²) >= 11 is 0. The number of anilines is 2. The molecule has 0 aliphatic carbocycles. The number of carbonyl (C=O) groups is 1. The van der Waals surface area contributed by atoms with E-state index >= 15 is 0 Å². The Kier molecular flexibility index (Phi) is 4.49. The van der Waals surface area contributed by atoms with Gasteiger partial charge < -0.3 is 11.1 Å². The van der Waals surface area contributed by atoms with E-state index in [1.54, 1.807) is 24.0 Å². The van der Waals surface area contributed by atoms with Crippen LogP contribution in [0.1, 0.15) is 27.2 Å². The Bertz CT molecular complexity index is 1310. The summed E-state index contributed by atoms with van der Waals surface area (Å²) in [5, 5.41) is 7.42. The Labute approximate surface area is 166 Å². The van der Waals surface area contributed by atoms with Crippen LogP contribution >= 0.6 is 0 Å². The molecule has 4 aromatic rings. The fraction of sp³-hybridized carbons (Fsp3) is 0.0952. The first kappa shape index (κ1) is 18.3. The number of nitrogens with one attached hydrogen (secondary N) is 1. The standard InChI is InChI=1S/C21H17FN6O/c1-13-8-18(22)17(20(23)29)9-14(13)5-6-16-11-24-21-19(4-3-7-28(16)21)26-15-10-25-27(2)12-15/h3-4,7-12,26H,1-2H3,(H2,23,29). The van der Waals surface area contributed by atoms with Gasteiger partial charge in [-0.05, 0) is 42.7 Å². The largest absolute Gasteiger partial charge is 0.366 e. The number of imidazole rings is 1. The Morgan fingerprint density at radius 1 is 1.28 bits per heavy atom. The van der Waals surface area contributed by atoms with Crippen LogP contribution in [-0.4, -0.2) is 25.1 Å². The number of pyridine rings is 1. The number of aromatic nitrogens is 4. The number of benzene rings is 1. The molecule has 0 atom stereocenters. The first-order chi connectivity index (χ1) is 13.9.